The number of thiophene rings is 1. The largest absolute Gasteiger partial charge is 0.497 e. The lowest BCUT2D eigenvalue weighted by Gasteiger charge is -2.06. The first-order valence-electron chi connectivity index (χ1n) is 6.91. The normalized spacial score (nSPS) is 10.5. The Bertz CT molecular complexity index is 704. The predicted molar refractivity (Wildman–Crippen MR) is 90.7 cm³/mol. The summed E-state index contributed by atoms with van der Waals surface area (Å²) in [6, 6.07) is 8.84. The van der Waals surface area contributed by atoms with Crippen molar-refractivity contribution in [3.8, 4) is 5.75 Å². The first-order valence-corrected chi connectivity index (χ1v) is 7.79. The van der Waals surface area contributed by atoms with E-state index in [1.165, 1.54) is 17.4 Å². The molecule has 0 spiro atoms. The second kappa shape index (κ2) is 8.14. The Morgan fingerprint density at radius 2 is 1.96 bits per heavy atom. The summed E-state index contributed by atoms with van der Waals surface area (Å²) >= 11 is 1.54. The molecule has 1 aromatic carbocycles. The van der Waals surface area contributed by atoms with Crippen molar-refractivity contribution in [1.29, 1.82) is 0 Å². The van der Waals surface area contributed by atoms with Gasteiger partial charge >= 0.3 is 5.97 Å². The van der Waals surface area contributed by atoms with E-state index in [1.54, 1.807) is 37.5 Å². The molecule has 23 heavy (non-hydrogen) atoms. The van der Waals surface area contributed by atoms with Crippen LogP contribution in [0.1, 0.15) is 10.4 Å². The number of amides is 1. The van der Waals surface area contributed by atoms with Gasteiger partial charge in [0.1, 0.15) is 5.75 Å². The molecule has 0 saturated carbocycles. The van der Waals surface area contributed by atoms with Crippen molar-refractivity contribution >= 4 is 35.0 Å². The molecule has 0 bridgehead atoms. The molecule has 0 atom stereocenters. The van der Waals surface area contributed by atoms with Crippen LogP contribution in [0, 0.1) is 6.92 Å². The molecule has 0 aliphatic heterocycles. The van der Waals surface area contributed by atoms with E-state index in [9.17, 15) is 9.59 Å². The Balaban J connectivity index is 1.78. The van der Waals surface area contributed by atoms with Crippen molar-refractivity contribution in [2.45, 2.75) is 6.92 Å². The van der Waals surface area contributed by atoms with Gasteiger partial charge in [-0.3, -0.25) is 4.79 Å². The van der Waals surface area contributed by atoms with E-state index >= 15 is 0 Å². The summed E-state index contributed by atoms with van der Waals surface area (Å²) in [5.41, 5.74) is 1.70. The first-order chi connectivity index (χ1) is 11.1. The Kier molecular flexibility index (Phi) is 5.94. The molecule has 6 heteroatoms. The molecule has 1 amide bonds. The Morgan fingerprint density at radius 3 is 2.57 bits per heavy atom. The maximum atomic E-state index is 11.7. The fraction of sp³-hybridized carbons (Fsp3) is 0.176. The van der Waals surface area contributed by atoms with Gasteiger partial charge < -0.3 is 14.8 Å². The van der Waals surface area contributed by atoms with Crippen molar-refractivity contribution in [2.75, 3.05) is 19.0 Å². The van der Waals surface area contributed by atoms with Gasteiger partial charge in [0.05, 0.1) is 7.11 Å². The van der Waals surface area contributed by atoms with Gasteiger partial charge in [-0.15, -0.1) is 11.3 Å². The minimum atomic E-state index is -0.553. The minimum absolute atomic E-state index is 0.335. The Labute approximate surface area is 138 Å². The molecule has 1 N–H and O–H groups in total. The molecule has 2 aromatic rings. The van der Waals surface area contributed by atoms with Crippen molar-refractivity contribution in [3.05, 3.63) is 52.2 Å². The van der Waals surface area contributed by atoms with Crippen LogP contribution in [0.4, 0.5) is 5.69 Å². The van der Waals surface area contributed by atoms with Gasteiger partial charge in [-0.05, 0) is 54.3 Å². The van der Waals surface area contributed by atoms with E-state index in [0.717, 1.165) is 10.4 Å². The number of carbonyl (C=O) groups excluding carboxylic acids is 2. The van der Waals surface area contributed by atoms with Crippen LogP contribution in [0.2, 0.25) is 0 Å². The van der Waals surface area contributed by atoms with Crippen LogP contribution in [0.5, 0.6) is 5.75 Å². The number of ether oxygens (including phenoxy) is 2. The quantitative estimate of drug-likeness (QED) is 0.652. The van der Waals surface area contributed by atoms with E-state index < -0.39 is 11.9 Å². The summed E-state index contributed by atoms with van der Waals surface area (Å²) in [7, 11) is 1.57. The zero-order valence-electron chi connectivity index (χ0n) is 12.9. The van der Waals surface area contributed by atoms with Crippen molar-refractivity contribution < 1.29 is 19.1 Å². The molecule has 120 valence electrons. The molecule has 1 heterocycles. The summed E-state index contributed by atoms with van der Waals surface area (Å²) < 4.78 is 9.93. The molecule has 0 radical (unpaired) electrons. The Morgan fingerprint density at radius 1 is 1.22 bits per heavy atom. The lowest BCUT2D eigenvalue weighted by molar-refractivity contribution is -0.142. The molecule has 1 aromatic heterocycles. The van der Waals surface area contributed by atoms with E-state index in [1.807, 2.05) is 18.4 Å². The molecule has 0 fully saturated rings. The summed E-state index contributed by atoms with van der Waals surface area (Å²) in [5, 5.41) is 4.58. The molecule has 0 aliphatic rings. The summed E-state index contributed by atoms with van der Waals surface area (Å²) in [4.78, 5) is 24.3. The van der Waals surface area contributed by atoms with Crippen molar-refractivity contribution in [2.24, 2.45) is 0 Å². The summed E-state index contributed by atoms with van der Waals surface area (Å²) in [6.07, 6.45) is 3.00. The number of methoxy groups -OCH3 is 1. The van der Waals surface area contributed by atoms with Gasteiger partial charge in [0.15, 0.2) is 6.61 Å². The zero-order chi connectivity index (χ0) is 16.7. The number of anilines is 1. The first kappa shape index (κ1) is 16.8. The standard InChI is InChI=1S/C17H17NO4S/c1-12-9-10-23-15(12)7-8-17(20)22-11-16(19)18-13-3-5-14(21-2)6-4-13/h3-10H,11H2,1-2H3,(H,18,19)/b8-7+. The predicted octanol–water partition coefficient (Wildman–Crippen LogP) is 3.26. The van der Waals surface area contributed by atoms with E-state index in [0.29, 0.717) is 11.4 Å². The lowest BCUT2D eigenvalue weighted by Crippen LogP contribution is -2.20. The highest BCUT2D eigenvalue weighted by Gasteiger charge is 2.06. The fourth-order valence-corrected chi connectivity index (χ4v) is 2.57. The highest BCUT2D eigenvalue weighted by molar-refractivity contribution is 7.11. The molecular weight excluding hydrogens is 314 g/mol. The van der Waals surface area contributed by atoms with Crippen LogP contribution in [0.15, 0.2) is 41.8 Å². The minimum Gasteiger partial charge on any atom is -0.497 e. The number of hydrogen-bond donors (Lipinski definition) is 1. The molecule has 0 aliphatic carbocycles. The molecule has 5 nitrogen and oxygen atoms in total. The summed E-state index contributed by atoms with van der Waals surface area (Å²) in [6.45, 7) is 1.63. The maximum Gasteiger partial charge on any atom is 0.331 e. The van der Waals surface area contributed by atoms with Crippen molar-refractivity contribution in [1.82, 2.24) is 0 Å². The topological polar surface area (TPSA) is 64.6 Å². The van der Waals surface area contributed by atoms with Gasteiger partial charge in [0, 0.05) is 16.6 Å². The average molecular weight is 331 g/mol. The Hall–Kier alpha value is -2.60. The molecule has 0 unspecified atom stereocenters. The average Bonchev–Trinajstić information content (AvgIpc) is 2.97. The van der Waals surface area contributed by atoms with Crippen LogP contribution in [-0.4, -0.2) is 25.6 Å². The monoisotopic (exact) mass is 331 g/mol. The fourth-order valence-electron chi connectivity index (χ4n) is 1.76. The van der Waals surface area contributed by atoms with Crippen LogP contribution in [0.3, 0.4) is 0 Å². The number of esters is 1. The van der Waals surface area contributed by atoms with Gasteiger partial charge in [0.2, 0.25) is 0 Å². The van der Waals surface area contributed by atoms with Gasteiger partial charge in [-0.25, -0.2) is 4.79 Å². The number of hydrogen-bond acceptors (Lipinski definition) is 5. The number of carbonyl (C=O) groups is 2. The molecular formula is C17H17NO4S. The highest BCUT2D eigenvalue weighted by Crippen LogP contribution is 2.17. The van der Waals surface area contributed by atoms with E-state index in [4.69, 9.17) is 9.47 Å². The van der Waals surface area contributed by atoms with Gasteiger partial charge in [-0.1, -0.05) is 0 Å². The van der Waals surface area contributed by atoms with Crippen LogP contribution >= 0.6 is 11.3 Å². The highest BCUT2D eigenvalue weighted by atomic mass is 32.1. The van der Waals surface area contributed by atoms with Crippen molar-refractivity contribution in [3.63, 3.8) is 0 Å². The molecule has 0 saturated heterocycles. The van der Waals surface area contributed by atoms with E-state index in [2.05, 4.69) is 5.32 Å². The third-order valence-corrected chi connectivity index (χ3v) is 3.98. The molecule has 2 rings (SSSR count). The van der Waals surface area contributed by atoms with Crippen LogP contribution < -0.4 is 10.1 Å². The number of aryl methyl sites for hydroxylation is 1. The number of nitrogens with one attached hydrogen (secondary N) is 1. The summed E-state index contributed by atoms with van der Waals surface area (Å²) in [5.74, 6) is -0.254. The van der Waals surface area contributed by atoms with Gasteiger partial charge in [0.25, 0.3) is 5.91 Å². The maximum absolute atomic E-state index is 11.7. The second-order valence-corrected chi connectivity index (χ2v) is 5.63. The number of benzene rings is 1. The lowest BCUT2D eigenvalue weighted by atomic mass is 10.3. The van der Waals surface area contributed by atoms with Crippen LogP contribution in [0.25, 0.3) is 6.08 Å². The number of rotatable bonds is 6. The third-order valence-electron chi connectivity index (χ3n) is 2.99. The smallest absolute Gasteiger partial charge is 0.331 e. The second-order valence-electron chi connectivity index (χ2n) is 4.69. The van der Waals surface area contributed by atoms with E-state index in [-0.39, 0.29) is 6.61 Å². The zero-order valence-corrected chi connectivity index (χ0v) is 13.7. The van der Waals surface area contributed by atoms with Gasteiger partial charge in [-0.2, -0.15) is 0 Å². The van der Waals surface area contributed by atoms with Crippen LogP contribution in [-0.2, 0) is 14.3 Å². The SMILES string of the molecule is COc1ccc(NC(=O)COC(=O)/C=C/c2sccc2C)cc1. The third kappa shape index (κ3) is 5.27.